The largest absolute Gasteiger partial charge is 0.465 e. The Labute approximate surface area is 174 Å². The molecule has 2 aliphatic rings. The summed E-state index contributed by atoms with van der Waals surface area (Å²) in [5.41, 5.74) is 1.30. The fraction of sp³-hybridized carbons (Fsp3) is 0.348. The van der Waals surface area contributed by atoms with Crippen LogP contribution in [0.2, 0.25) is 5.02 Å². The molecule has 1 saturated carbocycles. The third kappa shape index (κ3) is 3.55. The van der Waals surface area contributed by atoms with E-state index in [9.17, 15) is 14.4 Å². The first-order valence-corrected chi connectivity index (χ1v) is 10.3. The van der Waals surface area contributed by atoms with Crippen LogP contribution in [0.4, 0.5) is 0 Å². The van der Waals surface area contributed by atoms with E-state index < -0.39 is 5.41 Å². The number of unbranched alkanes of at least 4 members (excludes halogenated alkanes) is 1. The topological polar surface area (TPSA) is 63.7 Å². The van der Waals surface area contributed by atoms with Crippen molar-refractivity contribution in [2.24, 2.45) is 0 Å². The molecule has 0 saturated heterocycles. The van der Waals surface area contributed by atoms with Crippen molar-refractivity contribution in [3.05, 3.63) is 70.2 Å². The monoisotopic (exact) mass is 411 g/mol. The standard InChI is InChI=1S/C23H22ClNO4/c24-17-10-8-16(9-11-17)23(12-5-13-23)22(28)29-15-4-3-14-25-20(26)18-6-1-2-7-19(18)21(25)27/h1-2,6-11H,3-5,12-15H2. The smallest absolute Gasteiger partial charge is 0.316 e. The van der Waals surface area contributed by atoms with Gasteiger partial charge in [-0.05, 0) is 55.5 Å². The van der Waals surface area contributed by atoms with Gasteiger partial charge in [0.1, 0.15) is 0 Å². The highest BCUT2D eigenvalue weighted by atomic mass is 35.5. The number of carbonyl (C=O) groups is 3. The van der Waals surface area contributed by atoms with E-state index in [0.29, 0.717) is 35.5 Å². The average Bonchev–Trinajstić information content (AvgIpc) is 2.93. The van der Waals surface area contributed by atoms with Gasteiger partial charge >= 0.3 is 5.97 Å². The Morgan fingerprint density at radius 3 is 2.14 bits per heavy atom. The maximum Gasteiger partial charge on any atom is 0.316 e. The highest BCUT2D eigenvalue weighted by Gasteiger charge is 2.47. The van der Waals surface area contributed by atoms with Crippen molar-refractivity contribution in [2.75, 3.05) is 13.2 Å². The fourth-order valence-electron chi connectivity index (χ4n) is 4.03. The Morgan fingerprint density at radius 2 is 1.59 bits per heavy atom. The number of fused-ring (bicyclic) bond motifs is 1. The quantitative estimate of drug-likeness (QED) is 0.385. The van der Waals surface area contributed by atoms with Crippen molar-refractivity contribution in [1.82, 2.24) is 4.90 Å². The average molecular weight is 412 g/mol. The molecule has 0 atom stereocenters. The van der Waals surface area contributed by atoms with Crippen molar-refractivity contribution >= 4 is 29.4 Å². The molecule has 150 valence electrons. The first-order chi connectivity index (χ1) is 14.0. The highest BCUT2D eigenvalue weighted by Crippen LogP contribution is 2.45. The van der Waals surface area contributed by atoms with Crippen LogP contribution >= 0.6 is 11.6 Å². The number of nitrogens with zero attached hydrogens (tertiary/aromatic N) is 1. The van der Waals surface area contributed by atoms with Gasteiger partial charge < -0.3 is 4.74 Å². The van der Waals surface area contributed by atoms with E-state index in [1.54, 1.807) is 36.4 Å². The number of esters is 1. The van der Waals surface area contributed by atoms with Gasteiger partial charge in [0.2, 0.25) is 0 Å². The Hall–Kier alpha value is -2.66. The minimum Gasteiger partial charge on any atom is -0.465 e. The lowest BCUT2D eigenvalue weighted by atomic mass is 9.64. The van der Waals surface area contributed by atoms with Crippen molar-refractivity contribution in [3.63, 3.8) is 0 Å². The Morgan fingerprint density at radius 1 is 0.966 bits per heavy atom. The van der Waals surface area contributed by atoms with Crippen LogP contribution < -0.4 is 0 Å². The van der Waals surface area contributed by atoms with E-state index in [2.05, 4.69) is 0 Å². The number of hydrogen-bond donors (Lipinski definition) is 0. The van der Waals surface area contributed by atoms with E-state index in [1.807, 2.05) is 12.1 Å². The number of halogens is 1. The molecule has 5 nitrogen and oxygen atoms in total. The molecule has 1 fully saturated rings. The molecule has 0 bridgehead atoms. The van der Waals surface area contributed by atoms with Gasteiger partial charge in [-0.1, -0.05) is 42.3 Å². The molecule has 6 heteroatoms. The van der Waals surface area contributed by atoms with Gasteiger partial charge in [-0.3, -0.25) is 19.3 Å². The third-order valence-electron chi connectivity index (χ3n) is 5.88. The van der Waals surface area contributed by atoms with Crippen LogP contribution in [0.25, 0.3) is 0 Å². The molecule has 2 amide bonds. The van der Waals surface area contributed by atoms with Crippen molar-refractivity contribution in [1.29, 1.82) is 0 Å². The van der Waals surface area contributed by atoms with Gasteiger partial charge in [0.25, 0.3) is 11.8 Å². The molecule has 4 rings (SSSR count). The molecule has 0 aromatic heterocycles. The second-order valence-electron chi connectivity index (χ2n) is 7.59. The molecule has 2 aromatic rings. The SMILES string of the molecule is O=C1c2ccccc2C(=O)N1CCCCOC(=O)C1(c2ccc(Cl)cc2)CCC1. The van der Waals surface area contributed by atoms with Gasteiger partial charge in [0.15, 0.2) is 0 Å². The normalized spacial score (nSPS) is 17.1. The van der Waals surface area contributed by atoms with Crippen LogP contribution in [0.5, 0.6) is 0 Å². The number of ether oxygens (including phenoxy) is 1. The molecule has 0 unspecified atom stereocenters. The summed E-state index contributed by atoms with van der Waals surface area (Å²) in [7, 11) is 0. The van der Waals surface area contributed by atoms with Gasteiger partial charge in [-0.2, -0.15) is 0 Å². The molecule has 0 spiro atoms. The van der Waals surface area contributed by atoms with Gasteiger partial charge in [0, 0.05) is 11.6 Å². The van der Waals surface area contributed by atoms with Gasteiger partial charge in [0.05, 0.1) is 23.1 Å². The summed E-state index contributed by atoms with van der Waals surface area (Å²) in [5, 5.41) is 0.643. The van der Waals surface area contributed by atoms with Crippen LogP contribution in [0.15, 0.2) is 48.5 Å². The Kier molecular flexibility index (Phi) is 5.41. The lowest BCUT2D eigenvalue weighted by molar-refractivity contribution is -0.154. The highest BCUT2D eigenvalue weighted by molar-refractivity contribution is 6.30. The number of hydrogen-bond acceptors (Lipinski definition) is 4. The number of amides is 2. The van der Waals surface area contributed by atoms with Crippen molar-refractivity contribution in [2.45, 2.75) is 37.5 Å². The van der Waals surface area contributed by atoms with Gasteiger partial charge in [-0.25, -0.2) is 0 Å². The molecule has 1 heterocycles. The van der Waals surface area contributed by atoms with Crippen LogP contribution in [-0.4, -0.2) is 35.8 Å². The molecule has 0 N–H and O–H groups in total. The number of rotatable bonds is 7. The minimum atomic E-state index is -0.562. The zero-order valence-electron chi connectivity index (χ0n) is 16.0. The molecule has 2 aromatic carbocycles. The summed E-state index contributed by atoms with van der Waals surface area (Å²) >= 11 is 5.96. The summed E-state index contributed by atoms with van der Waals surface area (Å²) < 4.78 is 5.55. The first kappa shape index (κ1) is 19.6. The van der Waals surface area contributed by atoms with E-state index in [0.717, 1.165) is 24.8 Å². The zero-order chi connectivity index (χ0) is 20.4. The van der Waals surface area contributed by atoms with Crippen LogP contribution in [-0.2, 0) is 14.9 Å². The molecule has 0 radical (unpaired) electrons. The maximum absolute atomic E-state index is 12.7. The lowest BCUT2D eigenvalue weighted by Crippen LogP contribution is -2.43. The summed E-state index contributed by atoms with van der Waals surface area (Å²) in [6.45, 7) is 0.601. The second-order valence-corrected chi connectivity index (χ2v) is 8.03. The van der Waals surface area contributed by atoms with Gasteiger partial charge in [-0.15, -0.1) is 0 Å². The molecule has 1 aliphatic carbocycles. The van der Waals surface area contributed by atoms with Crippen LogP contribution in [0, 0.1) is 0 Å². The molecule has 1 aliphatic heterocycles. The fourth-order valence-corrected chi connectivity index (χ4v) is 4.15. The van der Waals surface area contributed by atoms with E-state index in [-0.39, 0.29) is 24.4 Å². The number of imide groups is 1. The Balaban J connectivity index is 1.27. The third-order valence-corrected chi connectivity index (χ3v) is 6.13. The summed E-state index contributed by atoms with van der Waals surface area (Å²) in [6.07, 6.45) is 3.74. The van der Waals surface area contributed by atoms with E-state index in [4.69, 9.17) is 16.3 Å². The number of carbonyl (C=O) groups excluding carboxylic acids is 3. The summed E-state index contributed by atoms with van der Waals surface area (Å²) in [5.74, 6) is -0.704. The predicted octanol–water partition coefficient (Wildman–Crippen LogP) is 4.38. The summed E-state index contributed by atoms with van der Waals surface area (Å²) in [6, 6.07) is 14.2. The molecular formula is C23H22ClNO4. The van der Waals surface area contributed by atoms with Crippen molar-refractivity contribution < 1.29 is 19.1 Å². The Bertz CT molecular complexity index is 915. The van der Waals surface area contributed by atoms with E-state index in [1.165, 1.54) is 4.90 Å². The van der Waals surface area contributed by atoms with Crippen LogP contribution in [0.1, 0.15) is 58.4 Å². The van der Waals surface area contributed by atoms with Crippen molar-refractivity contribution in [3.8, 4) is 0 Å². The maximum atomic E-state index is 12.7. The van der Waals surface area contributed by atoms with Crippen LogP contribution in [0.3, 0.4) is 0 Å². The second kappa shape index (κ2) is 7.99. The zero-order valence-corrected chi connectivity index (χ0v) is 16.8. The number of benzene rings is 2. The lowest BCUT2D eigenvalue weighted by Gasteiger charge is -2.39. The van der Waals surface area contributed by atoms with E-state index >= 15 is 0 Å². The first-order valence-electron chi connectivity index (χ1n) is 9.91. The molecule has 29 heavy (non-hydrogen) atoms. The predicted molar refractivity (Wildman–Crippen MR) is 109 cm³/mol. The minimum absolute atomic E-state index is 0.202. The molecular weight excluding hydrogens is 390 g/mol. The summed E-state index contributed by atoms with van der Waals surface area (Å²) in [4.78, 5) is 38.7.